The third kappa shape index (κ3) is 1.17. The number of fused-ring (bicyclic) bond motifs is 1. The van der Waals surface area contributed by atoms with E-state index in [0.29, 0.717) is 5.82 Å². The van der Waals surface area contributed by atoms with Gasteiger partial charge in [-0.25, -0.2) is 4.98 Å². The van der Waals surface area contributed by atoms with Crippen LogP contribution >= 0.6 is 0 Å². The van der Waals surface area contributed by atoms with Crippen LogP contribution in [0.2, 0.25) is 0 Å². The number of hydrogen-bond acceptors (Lipinski definition) is 3. The summed E-state index contributed by atoms with van der Waals surface area (Å²) in [5.41, 5.74) is 9.36. The molecule has 2 aromatic heterocycles. The molecule has 0 bridgehead atoms. The summed E-state index contributed by atoms with van der Waals surface area (Å²) < 4.78 is 0. The minimum Gasteiger partial charge on any atom is -0.382 e. The van der Waals surface area contributed by atoms with Gasteiger partial charge in [-0.15, -0.1) is 0 Å². The Morgan fingerprint density at radius 3 is 3.00 bits per heavy atom. The molecule has 0 radical (unpaired) electrons. The molecule has 3 aromatic rings. The fourth-order valence-electron chi connectivity index (χ4n) is 1.66. The third-order valence-electron chi connectivity index (χ3n) is 2.34. The van der Waals surface area contributed by atoms with Crippen LogP contribution in [0.3, 0.4) is 0 Å². The van der Waals surface area contributed by atoms with Crippen LogP contribution in [-0.4, -0.2) is 20.2 Å². The second kappa shape index (κ2) is 2.84. The van der Waals surface area contributed by atoms with Crippen molar-refractivity contribution in [1.29, 1.82) is 0 Å². The molecule has 2 heterocycles. The van der Waals surface area contributed by atoms with Gasteiger partial charge in [-0.05, 0) is 6.07 Å². The maximum atomic E-state index is 5.56. The second-order valence-corrected chi connectivity index (χ2v) is 3.31. The molecule has 0 spiro atoms. The van der Waals surface area contributed by atoms with Gasteiger partial charge in [0.2, 0.25) is 0 Å². The van der Waals surface area contributed by atoms with Crippen molar-refractivity contribution in [2.75, 3.05) is 5.73 Å². The number of anilines is 1. The number of nitrogens with one attached hydrogen (secondary N) is 2. The van der Waals surface area contributed by atoms with Gasteiger partial charge in [0.1, 0.15) is 5.82 Å². The van der Waals surface area contributed by atoms with E-state index in [1.165, 1.54) is 0 Å². The van der Waals surface area contributed by atoms with E-state index in [1.54, 1.807) is 12.4 Å². The van der Waals surface area contributed by atoms with Gasteiger partial charge in [0, 0.05) is 11.6 Å². The van der Waals surface area contributed by atoms with Crippen LogP contribution in [0, 0.1) is 0 Å². The minimum absolute atomic E-state index is 0.484. The van der Waals surface area contributed by atoms with Gasteiger partial charge in [0.25, 0.3) is 0 Å². The Balaban J connectivity index is 2.30. The number of rotatable bonds is 1. The Hall–Kier alpha value is -2.30. The first-order chi connectivity index (χ1) is 7.34. The smallest absolute Gasteiger partial charge is 0.145 e. The molecule has 4 N–H and O–H groups in total. The van der Waals surface area contributed by atoms with Gasteiger partial charge in [-0.3, -0.25) is 5.10 Å². The fraction of sp³-hybridized carbons (Fsp3) is 0. The second-order valence-electron chi connectivity index (χ2n) is 3.31. The lowest BCUT2D eigenvalue weighted by Crippen LogP contribution is -1.81. The third-order valence-corrected chi connectivity index (χ3v) is 2.34. The predicted molar refractivity (Wildman–Crippen MR) is 58.1 cm³/mol. The van der Waals surface area contributed by atoms with Gasteiger partial charge in [0.05, 0.1) is 23.1 Å². The molecule has 5 heteroatoms. The highest BCUT2D eigenvalue weighted by molar-refractivity contribution is 5.90. The molecule has 0 aliphatic carbocycles. The number of nitrogens with two attached hydrogens (primary N) is 1. The predicted octanol–water partition coefficient (Wildman–Crippen LogP) is 1.54. The highest BCUT2D eigenvalue weighted by Crippen LogP contribution is 2.25. The average Bonchev–Trinajstić information content (AvgIpc) is 2.84. The number of para-hydroxylation sites is 1. The van der Waals surface area contributed by atoms with Crippen LogP contribution in [0.1, 0.15) is 0 Å². The Bertz CT molecular complexity index is 607. The summed E-state index contributed by atoms with van der Waals surface area (Å²) in [5.74, 6) is 0.484. The van der Waals surface area contributed by atoms with Gasteiger partial charge in [0.15, 0.2) is 0 Å². The average molecular weight is 199 g/mol. The molecule has 5 nitrogen and oxygen atoms in total. The summed E-state index contributed by atoms with van der Waals surface area (Å²) in [7, 11) is 0. The molecule has 0 atom stereocenters. The molecular formula is C10H9N5. The lowest BCUT2D eigenvalue weighted by molar-refractivity contribution is 1.10. The number of imidazole rings is 1. The van der Waals surface area contributed by atoms with E-state index in [-0.39, 0.29) is 0 Å². The molecule has 0 saturated heterocycles. The van der Waals surface area contributed by atoms with E-state index in [0.717, 1.165) is 22.3 Å². The SMILES string of the molecule is Nc1cc(-c2cccc3[nH]cnc23)[nH]n1. The van der Waals surface area contributed by atoms with Crippen LogP contribution in [0.4, 0.5) is 5.82 Å². The number of nitrogens with zero attached hydrogens (tertiary/aromatic N) is 2. The van der Waals surface area contributed by atoms with E-state index >= 15 is 0 Å². The Morgan fingerprint density at radius 2 is 2.20 bits per heavy atom. The normalized spacial score (nSPS) is 10.9. The Labute approximate surface area is 85.3 Å². The molecule has 0 aliphatic heterocycles. The monoisotopic (exact) mass is 199 g/mol. The van der Waals surface area contributed by atoms with Crippen LogP contribution in [-0.2, 0) is 0 Å². The quantitative estimate of drug-likeness (QED) is 0.555. The first-order valence-corrected chi connectivity index (χ1v) is 4.58. The van der Waals surface area contributed by atoms with Crippen LogP contribution in [0.25, 0.3) is 22.3 Å². The van der Waals surface area contributed by atoms with E-state index in [4.69, 9.17) is 5.73 Å². The van der Waals surface area contributed by atoms with Crippen LogP contribution in [0.15, 0.2) is 30.6 Å². The lowest BCUT2D eigenvalue weighted by Gasteiger charge is -1.97. The number of benzene rings is 1. The minimum atomic E-state index is 0.484. The van der Waals surface area contributed by atoms with Crippen molar-refractivity contribution in [3.8, 4) is 11.3 Å². The zero-order valence-corrected chi connectivity index (χ0v) is 7.86. The summed E-state index contributed by atoms with van der Waals surface area (Å²) in [6.45, 7) is 0. The molecule has 0 aliphatic rings. The van der Waals surface area contributed by atoms with Crippen molar-refractivity contribution in [1.82, 2.24) is 20.2 Å². The first kappa shape index (κ1) is 8.05. The number of hydrogen-bond donors (Lipinski definition) is 3. The van der Waals surface area contributed by atoms with Crippen molar-refractivity contribution in [3.63, 3.8) is 0 Å². The molecule has 15 heavy (non-hydrogen) atoms. The molecular weight excluding hydrogens is 190 g/mol. The van der Waals surface area contributed by atoms with E-state index in [1.807, 2.05) is 18.2 Å². The van der Waals surface area contributed by atoms with Crippen molar-refractivity contribution in [2.45, 2.75) is 0 Å². The number of aromatic nitrogens is 4. The summed E-state index contributed by atoms with van der Waals surface area (Å²) >= 11 is 0. The standard InChI is InChI=1S/C10H9N5/c11-9-4-8(14-15-9)6-2-1-3-7-10(6)13-5-12-7/h1-5H,(H,12,13)(H3,11,14,15). The topological polar surface area (TPSA) is 83.4 Å². The number of H-pyrrole nitrogens is 2. The van der Waals surface area contributed by atoms with Crippen molar-refractivity contribution in [3.05, 3.63) is 30.6 Å². The number of aromatic amines is 2. The van der Waals surface area contributed by atoms with E-state index in [9.17, 15) is 0 Å². The highest BCUT2D eigenvalue weighted by Gasteiger charge is 2.07. The van der Waals surface area contributed by atoms with Gasteiger partial charge in [-0.1, -0.05) is 12.1 Å². The van der Waals surface area contributed by atoms with Crippen molar-refractivity contribution >= 4 is 16.9 Å². The lowest BCUT2D eigenvalue weighted by atomic mass is 10.1. The Kier molecular flexibility index (Phi) is 1.53. The summed E-state index contributed by atoms with van der Waals surface area (Å²) in [6.07, 6.45) is 1.67. The summed E-state index contributed by atoms with van der Waals surface area (Å²) in [6, 6.07) is 7.72. The van der Waals surface area contributed by atoms with Crippen molar-refractivity contribution < 1.29 is 0 Å². The summed E-state index contributed by atoms with van der Waals surface area (Å²) in [5, 5.41) is 6.77. The fourth-order valence-corrected chi connectivity index (χ4v) is 1.66. The molecule has 0 amide bonds. The maximum Gasteiger partial charge on any atom is 0.145 e. The Morgan fingerprint density at radius 1 is 1.27 bits per heavy atom. The van der Waals surface area contributed by atoms with Gasteiger partial charge in [-0.2, -0.15) is 5.10 Å². The van der Waals surface area contributed by atoms with E-state index in [2.05, 4.69) is 20.2 Å². The molecule has 1 aromatic carbocycles. The molecule has 3 rings (SSSR count). The maximum absolute atomic E-state index is 5.56. The van der Waals surface area contributed by atoms with E-state index < -0.39 is 0 Å². The largest absolute Gasteiger partial charge is 0.382 e. The summed E-state index contributed by atoms with van der Waals surface area (Å²) in [4.78, 5) is 7.32. The van der Waals surface area contributed by atoms with Crippen LogP contribution < -0.4 is 5.73 Å². The zero-order valence-electron chi connectivity index (χ0n) is 7.86. The first-order valence-electron chi connectivity index (χ1n) is 4.58. The molecule has 74 valence electrons. The van der Waals surface area contributed by atoms with Crippen LogP contribution in [0.5, 0.6) is 0 Å². The van der Waals surface area contributed by atoms with Gasteiger partial charge >= 0.3 is 0 Å². The van der Waals surface area contributed by atoms with Crippen molar-refractivity contribution in [2.24, 2.45) is 0 Å². The van der Waals surface area contributed by atoms with Gasteiger partial charge < -0.3 is 10.7 Å². The zero-order chi connectivity index (χ0) is 10.3. The molecule has 0 saturated carbocycles. The number of nitrogen functional groups attached to an aromatic ring is 1. The molecule has 0 fully saturated rings. The highest BCUT2D eigenvalue weighted by atomic mass is 15.2. The molecule has 0 unspecified atom stereocenters.